The maximum Gasteiger partial charge on any atom is 0.306 e. The average Bonchev–Trinajstić information content (AvgIpc) is 3.10. The molecule has 0 aromatic rings. The second-order valence-corrected chi connectivity index (χ2v) is 13.8. The van der Waals surface area contributed by atoms with E-state index in [-0.39, 0.29) is 18.5 Å². The first-order valence-corrected chi connectivity index (χ1v) is 20.9. The zero-order valence-corrected chi connectivity index (χ0v) is 32.7. The van der Waals surface area contributed by atoms with Crippen molar-refractivity contribution in [2.24, 2.45) is 0 Å². The molecule has 4 nitrogen and oxygen atoms in total. The molecule has 0 amide bonds. The number of ether oxygens (including phenoxy) is 1. The van der Waals surface area contributed by atoms with Gasteiger partial charge in [0, 0.05) is 12.8 Å². The van der Waals surface area contributed by atoms with Crippen LogP contribution in [-0.4, -0.2) is 23.1 Å². The van der Waals surface area contributed by atoms with Crippen LogP contribution in [0.25, 0.3) is 0 Å². The Morgan fingerprint density at radius 3 is 1.38 bits per heavy atom. The van der Waals surface area contributed by atoms with Gasteiger partial charge in [-0.25, -0.2) is 0 Å². The minimum Gasteiger partial charge on any atom is -0.481 e. The second-order valence-electron chi connectivity index (χ2n) is 13.8. The average molecular weight is 695 g/mol. The molecule has 0 heterocycles. The van der Waals surface area contributed by atoms with Gasteiger partial charge in [0.1, 0.15) is 6.10 Å². The normalized spacial score (nSPS) is 13.0. The van der Waals surface area contributed by atoms with Gasteiger partial charge in [-0.15, -0.1) is 0 Å². The Bertz CT molecular complexity index is 922. The van der Waals surface area contributed by atoms with E-state index in [1.54, 1.807) is 0 Å². The van der Waals surface area contributed by atoms with Gasteiger partial charge in [-0.05, 0) is 103 Å². The van der Waals surface area contributed by atoms with Gasteiger partial charge in [0.05, 0.1) is 0 Å². The smallest absolute Gasteiger partial charge is 0.306 e. The molecule has 0 rings (SSSR count). The minimum absolute atomic E-state index is 0.000821. The summed E-state index contributed by atoms with van der Waals surface area (Å²) in [7, 11) is 0. The summed E-state index contributed by atoms with van der Waals surface area (Å²) >= 11 is 0. The Balaban J connectivity index is 4.12. The van der Waals surface area contributed by atoms with E-state index in [0.29, 0.717) is 6.42 Å². The number of unbranched alkanes of at least 4 members (excludes halogenated alkanes) is 16. The molecule has 1 N–H and O–H groups in total. The Morgan fingerprint density at radius 2 is 0.860 bits per heavy atom. The number of rotatable bonds is 37. The highest BCUT2D eigenvalue weighted by atomic mass is 16.5. The van der Waals surface area contributed by atoms with Crippen LogP contribution in [0.5, 0.6) is 0 Å². The van der Waals surface area contributed by atoms with Gasteiger partial charge < -0.3 is 9.84 Å². The summed E-state index contributed by atoms with van der Waals surface area (Å²) in [5.74, 6) is -0.747. The Morgan fingerprint density at radius 1 is 0.460 bits per heavy atom. The molecule has 0 radical (unpaired) electrons. The van der Waals surface area contributed by atoms with Crippen molar-refractivity contribution < 1.29 is 19.4 Å². The number of hydrogen-bond donors (Lipinski definition) is 1. The molecular formula is C46H78O4. The summed E-state index contributed by atoms with van der Waals surface area (Å²) in [5.41, 5.74) is 0. The summed E-state index contributed by atoms with van der Waals surface area (Å²) in [4.78, 5) is 23.4. The van der Waals surface area contributed by atoms with Crippen LogP contribution < -0.4 is 0 Å². The van der Waals surface area contributed by atoms with Crippen molar-refractivity contribution >= 4 is 11.9 Å². The fourth-order valence-corrected chi connectivity index (χ4v) is 5.86. The highest BCUT2D eigenvalue weighted by Gasteiger charge is 2.14. The van der Waals surface area contributed by atoms with E-state index in [1.165, 1.54) is 64.2 Å². The molecule has 0 aromatic heterocycles. The van der Waals surface area contributed by atoms with Gasteiger partial charge in [0.2, 0.25) is 0 Å². The molecule has 50 heavy (non-hydrogen) atoms. The molecule has 286 valence electrons. The Kier molecular flexibility index (Phi) is 38.7. The zero-order valence-electron chi connectivity index (χ0n) is 32.7. The molecule has 0 aliphatic rings. The third kappa shape index (κ3) is 39.8. The van der Waals surface area contributed by atoms with Crippen LogP contribution in [0.15, 0.2) is 72.9 Å². The van der Waals surface area contributed by atoms with E-state index in [2.05, 4.69) is 86.8 Å². The Labute approximate surface area is 309 Å². The predicted octanol–water partition coefficient (Wildman–Crippen LogP) is 14.7. The molecule has 0 bridgehead atoms. The lowest BCUT2D eigenvalue weighted by Crippen LogP contribution is -2.18. The summed E-state index contributed by atoms with van der Waals surface area (Å²) in [6.07, 6.45) is 57.8. The molecule has 1 unspecified atom stereocenters. The summed E-state index contributed by atoms with van der Waals surface area (Å²) in [5, 5.41) is 8.83. The van der Waals surface area contributed by atoms with E-state index in [9.17, 15) is 9.59 Å². The number of allylic oxidation sites excluding steroid dienone is 12. The van der Waals surface area contributed by atoms with Crippen molar-refractivity contribution in [1.82, 2.24) is 0 Å². The molecule has 4 heteroatoms. The van der Waals surface area contributed by atoms with Gasteiger partial charge in [-0.1, -0.05) is 157 Å². The van der Waals surface area contributed by atoms with Crippen molar-refractivity contribution in [3.63, 3.8) is 0 Å². The van der Waals surface area contributed by atoms with Crippen LogP contribution in [0, 0.1) is 0 Å². The number of carbonyl (C=O) groups is 2. The highest BCUT2D eigenvalue weighted by molar-refractivity contribution is 5.69. The number of carboxylic acid groups (broad SMARTS) is 1. The van der Waals surface area contributed by atoms with Crippen LogP contribution in [0.4, 0.5) is 0 Å². The third-order valence-electron chi connectivity index (χ3n) is 8.91. The number of carbonyl (C=O) groups excluding carboxylic acids is 1. The molecule has 0 aliphatic carbocycles. The number of esters is 1. The third-order valence-corrected chi connectivity index (χ3v) is 8.91. The van der Waals surface area contributed by atoms with Crippen molar-refractivity contribution in [2.75, 3.05) is 0 Å². The molecule has 0 spiro atoms. The van der Waals surface area contributed by atoms with Crippen molar-refractivity contribution in [1.29, 1.82) is 0 Å². The van der Waals surface area contributed by atoms with Crippen molar-refractivity contribution in [3.05, 3.63) is 72.9 Å². The predicted molar refractivity (Wildman–Crippen MR) is 218 cm³/mol. The van der Waals surface area contributed by atoms with Crippen LogP contribution in [0.2, 0.25) is 0 Å². The SMILES string of the molecule is CC/C=C\C/C=C\C/C=C\C/C=C\CCCCCCCCC(=O)OC(CCC/C=C\C/C=C\CCCCCCC)CCCCCCCC(=O)O. The standard InChI is InChI=1S/C46H78O4/c1-3-5-7-9-11-13-15-17-18-19-20-21-22-24-26-28-30-35-39-43-46(49)50-44(41-37-33-31-34-38-42-45(47)48)40-36-32-29-27-25-23-16-14-12-10-8-6-4-2/h5,7,11,13,16-18,20-21,23,27,29,44H,3-4,6,8-10,12,14-15,19,22,24-26,28,30-43H2,1-2H3,(H,47,48)/b7-5-,13-11-,18-17-,21-20-,23-16-,29-27-. The van der Waals surface area contributed by atoms with Crippen molar-refractivity contribution in [3.8, 4) is 0 Å². The van der Waals surface area contributed by atoms with E-state index in [0.717, 1.165) is 109 Å². The van der Waals surface area contributed by atoms with Crippen LogP contribution >= 0.6 is 0 Å². The van der Waals surface area contributed by atoms with Gasteiger partial charge in [0.25, 0.3) is 0 Å². The second kappa shape index (κ2) is 40.8. The molecule has 0 aliphatic heterocycles. The van der Waals surface area contributed by atoms with Crippen LogP contribution in [0.1, 0.15) is 200 Å². The summed E-state index contributed by atoms with van der Waals surface area (Å²) in [6, 6.07) is 0. The van der Waals surface area contributed by atoms with Crippen LogP contribution in [0.3, 0.4) is 0 Å². The fraction of sp³-hybridized carbons (Fsp3) is 0.696. The Hall–Kier alpha value is -2.62. The maximum atomic E-state index is 12.7. The topological polar surface area (TPSA) is 63.6 Å². The lowest BCUT2D eigenvalue weighted by atomic mass is 10.0. The first-order chi connectivity index (χ1) is 24.6. The van der Waals surface area contributed by atoms with Gasteiger partial charge in [-0.2, -0.15) is 0 Å². The monoisotopic (exact) mass is 695 g/mol. The molecule has 1 atom stereocenters. The van der Waals surface area contributed by atoms with E-state index in [1.807, 2.05) is 0 Å². The van der Waals surface area contributed by atoms with Crippen molar-refractivity contribution in [2.45, 2.75) is 206 Å². The zero-order chi connectivity index (χ0) is 36.4. The molecule has 0 fully saturated rings. The van der Waals surface area contributed by atoms with Gasteiger partial charge in [0.15, 0.2) is 0 Å². The lowest BCUT2D eigenvalue weighted by molar-refractivity contribution is -0.150. The van der Waals surface area contributed by atoms with Gasteiger partial charge in [-0.3, -0.25) is 9.59 Å². The largest absolute Gasteiger partial charge is 0.481 e. The quantitative estimate of drug-likeness (QED) is 0.0399. The van der Waals surface area contributed by atoms with E-state index in [4.69, 9.17) is 9.84 Å². The molecule has 0 saturated heterocycles. The summed E-state index contributed by atoms with van der Waals surface area (Å²) in [6.45, 7) is 4.42. The molecule has 0 saturated carbocycles. The molecule has 0 aromatic carbocycles. The highest BCUT2D eigenvalue weighted by Crippen LogP contribution is 2.17. The lowest BCUT2D eigenvalue weighted by Gasteiger charge is -2.18. The number of hydrogen-bond acceptors (Lipinski definition) is 3. The number of aliphatic carboxylic acids is 1. The maximum absolute atomic E-state index is 12.7. The van der Waals surface area contributed by atoms with Gasteiger partial charge >= 0.3 is 11.9 Å². The first kappa shape index (κ1) is 47.4. The minimum atomic E-state index is -0.711. The van der Waals surface area contributed by atoms with Crippen LogP contribution in [-0.2, 0) is 14.3 Å². The first-order valence-electron chi connectivity index (χ1n) is 20.9. The van der Waals surface area contributed by atoms with E-state index >= 15 is 0 Å². The molecular weight excluding hydrogens is 617 g/mol. The van der Waals surface area contributed by atoms with E-state index < -0.39 is 5.97 Å². The fourth-order valence-electron chi connectivity index (χ4n) is 5.86. The number of carboxylic acids is 1. The summed E-state index contributed by atoms with van der Waals surface area (Å²) < 4.78 is 5.98.